The van der Waals surface area contributed by atoms with Crippen molar-refractivity contribution >= 4 is 29.3 Å². The molecule has 1 aliphatic rings. The van der Waals surface area contributed by atoms with Gasteiger partial charge in [0.2, 0.25) is 0 Å². The Labute approximate surface area is 168 Å². The largest absolute Gasteiger partial charge is 0.465 e. The molecular formula is C22H20N2O5. The number of nitro benzene ring substituents is 1. The highest BCUT2D eigenvalue weighted by Gasteiger charge is 2.38. The Balaban J connectivity index is 2.07. The van der Waals surface area contributed by atoms with Crippen LogP contribution in [-0.4, -0.2) is 23.9 Å². The van der Waals surface area contributed by atoms with Crippen molar-refractivity contribution in [3.63, 3.8) is 0 Å². The number of hydrogen-bond acceptors (Lipinski definition) is 5. The summed E-state index contributed by atoms with van der Waals surface area (Å²) < 4.78 is 4.89. The number of allylic oxidation sites excluding steroid dienone is 1. The molecule has 0 atom stereocenters. The first-order chi connectivity index (χ1) is 13.9. The maximum Gasteiger partial charge on any atom is 0.340 e. The minimum absolute atomic E-state index is 0.0815. The molecule has 7 heteroatoms. The van der Waals surface area contributed by atoms with Gasteiger partial charge in [-0.2, -0.15) is 0 Å². The average molecular weight is 392 g/mol. The molecule has 0 fully saturated rings. The second-order valence-electron chi connectivity index (χ2n) is 6.52. The van der Waals surface area contributed by atoms with E-state index in [0.29, 0.717) is 11.4 Å². The van der Waals surface area contributed by atoms with Gasteiger partial charge < -0.3 is 4.74 Å². The van der Waals surface area contributed by atoms with Gasteiger partial charge in [-0.05, 0) is 42.7 Å². The Morgan fingerprint density at radius 3 is 2.28 bits per heavy atom. The minimum Gasteiger partial charge on any atom is -0.465 e. The van der Waals surface area contributed by atoms with Crippen molar-refractivity contribution in [3.05, 3.63) is 86.6 Å². The molecule has 1 amide bonds. The first-order valence-electron chi connectivity index (χ1n) is 9.06. The second-order valence-corrected chi connectivity index (χ2v) is 6.52. The molecule has 0 aromatic heterocycles. The van der Waals surface area contributed by atoms with Gasteiger partial charge in [0.25, 0.3) is 11.6 Å². The molecule has 0 N–H and O–H groups in total. The summed E-state index contributed by atoms with van der Waals surface area (Å²) >= 11 is 0. The average Bonchev–Trinajstić information content (AvgIpc) is 2.97. The van der Waals surface area contributed by atoms with Crippen LogP contribution in [0.2, 0.25) is 0 Å². The van der Waals surface area contributed by atoms with Crippen LogP contribution in [0.4, 0.5) is 11.4 Å². The van der Waals surface area contributed by atoms with Gasteiger partial charge in [0.05, 0.1) is 23.2 Å². The minimum atomic E-state index is -0.614. The summed E-state index contributed by atoms with van der Waals surface area (Å²) in [6, 6.07) is 13.3. The number of amides is 1. The van der Waals surface area contributed by atoms with Crippen molar-refractivity contribution in [3.8, 4) is 0 Å². The molecule has 148 valence electrons. The van der Waals surface area contributed by atoms with Gasteiger partial charge >= 0.3 is 5.97 Å². The molecule has 0 saturated heterocycles. The zero-order chi connectivity index (χ0) is 21.1. The van der Waals surface area contributed by atoms with Gasteiger partial charge in [0.15, 0.2) is 0 Å². The van der Waals surface area contributed by atoms with E-state index in [1.165, 1.54) is 36.3 Å². The Kier molecular flexibility index (Phi) is 5.59. The fraction of sp³-hybridized carbons (Fsp3) is 0.182. The van der Waals surface area contributed by atoms with Gasteiger partial charge in [0.1, 0.15) is 0 Å². The van der Waals surface area contributed by atoms with Gasteiger partial charge in [0, 0.05) is 23.5 Å². The maximum atomic E-state index is 13.2. The van der Waals surface area contributed by atoms with E-state index < -0.39 is 16.8 Å². The van der Waals surface area contributed by atoms with Crippen LogP contribution in [0.25, 0.3) is 6.08 Å². The molecule has 0 radical (unpaired) electrons. The number of carbonyl (C=O) groups excluding carboxylic acids is 2. The number of carbonyl (C=O) groups is 2. The summed E-state index contributed by atoms with van der Waals surface area (Å²) in [5, 5.41) is 10.9. The summed E-state index contributed by atoms with van der Waals surface area (Å²) in [4.78, 5) is 37.3. The fourth-order valence-corrected chi connectivity index (χ4v) is 3.23. The predicted octanol–water partition coefficient (Wildman–Crippen LogP) is 4.03. The van der Waals surface area contributed by atoms with E-state index >= 15 is 0 Å². The Morgan fingerprint density at radius 2 is 1.76 bits per heavy atom. The summed E-state index contributed by atoms with van der Waals surface area (Å²) in [5.74, 6) is -1.01. The summed E-state index contributed by atoms with van der Waals surface area (Å²) in [6.45, 7) is 3.70. The summed E-state index contributed by atoms with van der Waals surface area (Å²) in [6.07, 6.45) is 2.55. The van der Waals surface area contributed by atoms with Crippen molar-refractivity contribution in [2.75, 3.05) is 12.0 Å². The molecule has 1 aliphatic heterocycles. The zero-order valence-corrected chi connectivity index (χ0v) is 16.3. The van der Waals surface area contributed by atoms with E-state index in [1.54, 1.807) is 13.0 Å². The lowest BCUT2D eigenvalue weighted by Gasteiger charge is -2.17. The number of ether oxygens (including phenoxy) is 1. The van der Waals surface area contributed by atoms with Crippen LogP contribution in [0.15, 0.2) is 65.4 Å². The normalized spacial score (nSPS) is 15.2. The lowest BCUT2D eigenvalue weighted by molar-refractivity contribution is -0.384. The Hall–Kier alpha value is -3.74. The van der Waals surface area contributed by atoms with Crippen molar-refractivity contribution in [2.45, 2.75) is 20.3 Å². The first kappa shape index (κ1) is 20.0. The van der Waals surface area contributed by atoms with E-state index in [0.717, 1.165) is 17.5 Å². The van der Waals surface area contributed by atoms with E-state index in [1.807, 2.05) is 24.3 Å². The molecule has 7 nitrogen and oxygen atoms in total. The third-order valence-corrected chi connectivity index (χ3v) is 4.81. The van der Waals surface area contributed by atoms with Crippen LogP contribution in [0.5, 0.6) is 0 Å². The highest BCUT2D eigenvalue weighted by molar-refractivity contribution is 6.23. The molecule has 2 aromatic carbocycles. The Morgan fingerprint density at radius 1 is 1.14 bits per heavy atom. The SMILES string of the molecule is CCc1ccc(/C=C2\C(=O)N(c3ccc([N+](=O)[O-])cc3)C(C)=C2C(=O)OC)cc1. The quantitative estimate of drug-likeness (QED) is 0.332. The summed E-state index contributed by atoms with van der Waals surface area (Å²) in [5.41, 5.74) is 3.10. The number of non-ortho nitro benzene ring substituents is 1. The van der Waals surface area contributed by atoms with E-state index in [9.17, 15) is 19.7 Å². The molecule has 3 rings (SSSR count). The number of hydrogen-bond donors (Lipinski definition) is 0. The highest BCUT2D eigenvalue weighted by atomic mass is 16.6. The number of nitro groups is 1. The van der Waals surface area contributed by atoms with Crippen molar-refractivity contribution in [1.29, 1.82) is 0 Å². The topological polar surface area (TPSA) is 89.8 Å². The molecule has 1 heterocycles. The van der Waals surface area contributed by atoms with Crippen molar-refractivity contribution < 1.29 is 19.2 Å². The number of aryl methyl sites for hydroxylation is 1. The van der Waals surface area contributed by atoms with Gasteiger partial charge in [-0.25, -0.2) is 4.79 Å². The summed E-state index contributed by atoms with van der Waals surface area (Å²) in [7, 11) is 1.26. The molecule has 0 aliphatic carbocycles. The number of methoxy groups -OCH3 is 1. The predicted molar refractivity (Wildman–Crippen MR) is 109 cm³/mol. The van der Waals surface area contributed by atoms with Crippen LogP contribution in [-0.2, 0) is 20.7 Å². The maximum absolute atomic E-state index is 13.2. The first-order valence-corrected chi connectivity index (χ1v) is 9.06. The molecule has 2 aromatic rings. The van der Waals surface area contributed by atoms with Crippen molar-refractivity contribution in [2.24, 2.45) is 0 Å². The standard InChI is InChI=1S/C22H20N2O5/c1-4-15-5-7-16(8-6-15)13-19-20(22(26)29-3)14(2)23(21(19)25)17-9-11-18(12-10-17)24(27)28/h5-13H,4H2,1-3H3/b19-13-. The number of rotatable bonds is 5. The molecule has 0 spiro atoms. The molecule has 0 unspecified atom stereocenters. The molecular weight excluding hydrogens is 372 g/mol. The third kappa shape index (κ3) is 3.80. The molecule has 29 heavy (non-hydrogen) atoms. The van der Waals surface area contributed by atoms with Gasteiger partial charge in [-0.3, -0.25) is 19.8 Å². The fourth-order valence-electron chi connectivity index (χ4n) is 3.23. The van der Waals surface area contributed by atoms with Crippen LogP contribution in [0.1, 0.15) is 25.0 Å². The van der Waals surface area contributed by atoms with E-state index in [2.05, 4.69) is 6.92 Å². The number of esters is 1. The van der Waals surface area contributed by atoms with Gasteiger partial charge in [-0.1, -0.05) is 31.2 Å². The lowest BCUT2D eigenvalue weighted by atomic mass is 10.0. The highest BCUT2D eigenvalue weighted by Crippen LogP contribution is 2.36. The number of anilines is 1. The lowest BCUT2D eigenvalue weighted by Crippen LogP contribution is -2.24. The monoisotopic (exact) mass is 392 g/mol. The van der Waals surface area contributed by atoms with E-state index in [-0.39, 0.29) is 16.8 Å². The van der Waals surface area contributed by atoms with Crippen LogP contribution < -0.4 is 4.90 Å². The second kappa shape index (κ2) is 8.10. The number of benzene rings is 2. The Bertz CT molecular complexity index is 1030. The zero-order valence-electron chi connectivity index (χ0n) is 16.3. The smallest absolute Gasteiger partial charge is 0.340 e. The van der Waals surface area contributed by atoms with Crippen LogP contribution in [0.3, 0.4) is 0 Å². The van der Waals surface area contributed by atoms with Crippen LogP contribution >= 0.6 is 0 Å². The third-order valence-electron chi connectivity index (χ3n) is 4.81. The van der Waals surface area contributed by atoms with E-state index in [4.69, 9.17) is 4.74 Å². The van der Waals surface area contributed by atoms with Crippen LogP contribution in [0, 0.1) is 10.1 Å². The van der Waals surface area contributed by atoms with Crippen molar-refractivity contribution in [1.82, 2.24) is 0 Å². The molecule has 0 saturated carbocycles. The number of nitrogens with zero attached hydrogens (tertiary/aromatic N) is 2. The van der Waals surface area contributed by atoms with Gasteiger partial charge in [-0.15, -0.1) is 0 Å². The molecule has 0 bridgehead atoms.